The van der Waals surface area contributed by atoms with Crippen LogP contribution in [-0.4, -0.2) is 16.2 Å². The Morgan fingerprint density at radius 3 is 2.11 bits per heavy atom. The van der Waals surface area contributed by atoms with Gasteiger partial charge in [0.25, 0.3) is 0 Å². The summed E-state index contributed by atoms with van der Waals surface area (Å²) in [4.78, 5) is 0. The van der Waals surface area contributed by atoms with Gasteiger partial charge in [-0.2, -0.15) is 0 Å². The van der Waals surface area contributed by atoms with Crippen molar-refractivity contribution in [2.45, 2.75) is 44.2 Å². The van der Waals surface area contributed by atoms with Crippen molar-refractivity contribution in [3.05, 3.63) is 0 Å². The second-order valence-electron chi connectivity index (χ2n) is 3.07. The van der Waals surface area contributed by atoms with Gasteiger partial charge in [-0.25, -0.2) is 0 Å². The zero-order valence-corrected chi connectivity index (χ0v) is 6.15. The fourth-order valence-electron chi connectivity index (χ4n) is 1.41. The van der Waals surface area contributed by atoms with Crippen LogP contribution in [0.3, 0.4) is 0 Å². The van der Waals surface area contributed by atoms with Crippen molar-refractivity contribution in [1.82, 2.24) is 0 Å². The minimum absolute atomic E-state index is 0.248. The molecule has 0 aliphatic heterocycles. The molecule has 1 fully saturated rings. The predicted octanol–water partition coefficient (Wildman–Crippen LogP) is 0.639. The van der Waals surface area contributed by atoms with Crippen molar-refractivity contribution in [2.75, 3.05) is 0 Å². The first-order valence-electron chi connectivity index (χ1n) is 3.59. The predicted molar refractivity (Wildman–Crippen MR) is 37.1 cm³/mol. The molecule has 0 aromatic rings. The molecule has 0 saturated heterocycles. The fraction of sp³-hybridized carbons (Fsp3) is 1.00. The maximum atomic E-state index is 9.53. The van der Waals surface area contributed by atoms with Crippen molar-refractivity contribution < 1.29 is 5.11 Å². The van der Waals surface area contributed by atoms with Gasteiger partial charge in [0.1, 0.15) is 0 Å². The van der Waals surface area contributed by atoms with Gasteiger partial charge in [0.05, 0.1) is 5.60 Å². The molecule has 0 aromatic carbocycles. The quantitative estimate of drug-likeness (QED) is 0.574. The second kappa shape index (κ2) is 1.70. The summed E-state index contributed by atoms with van der Waals surface area (Å²) in [6, 6.07) is 0. The molecule has 0 bridgehead atoms. The maximum Gasteiger partial charge on any atom is 0.0843 e. The molecule has 0 amide bonds. The van der Waals surface area contributed by atoms with Crippen molar-refractivity contribution in [2.24, 2.45) is 5.73 Å². The molecule has 0 radical (unpaired) electrons. The van der Waals surface area contributed by atoms with Gasteiger partial charge in [-0.1, -0.05) is 13.8 Å². The Balaban J connectivity index is 2.54. The van der Waals surface area contributed by atoms with Gasteiger partial charge in [-0.05, 0) is 19.3 Å². The van der Waals surface area contributed by atoms with Crippen molar-refractivity contribution in [1.29, 1.82) is 0 Å². The lowest BCUT2D eigenvalue weighted by molar-refractivity contribution is 0.117. The Labute approximate surface area is 56.1 Å². The highest BCUT2D eigenvalue weighted by atomic mass is 16.3. The zero-order chi connectivity index (χ0) is 7.12. The Hall–Kier alpha value is -0.0800. The molecule has 9 heavy (non-hydrogen) atoms. The fourth-order valence-corrected chi connectivity index (χ4v) is 1.41. The Morgan fingerprint density at radius 1 is 1.44 bits per heavy atom. The molecule has 54 valence electrons. The van der Waals surface area contributed by atoms with E-state index in [9.17, 15) is 5.11 Å². The van der Waals surface area contributed by atoms with Crippen LogP contribution in [-0.2, 0) is 0 Å². The lowest BCUT2D eigenvalue weighted by Crippen LogP contribution is -2.33. The minimum Gasteiger partial charge on any atom is -0.388 e. The molecular formula is C7H15NO. The van der Waals surface area contributed by atoms with Crippen LogP contribution in [0.4, 0.5) is 0 Å². The highest BCUT2D eigenvalue weighted by molar-refractivity contribution is 5.20. The van der Waals surface area contributed by atoms with Gasteiger partial charge < -0.3 is 10.8 Å². The number of aliphatic hydroxyl groups is 1. The molecule has 1 rings (SSSR count). The van der Waals surface area contributed by atoms with Crippen LogP contribution in [0.15, 0.2) is 0 Å². The van der Waals surface area contributed by atoms with Crippen LogP contribution >= 0.6 is 0 Å². The number of hydrogen-bond acceptors (Lipinski definition) is 2. The summed E-state index contributed by atoms with van der Waals surface area (Å²) >= 11 is 0. The van der Waals surface area contributed by atoms with Crippen LogP contribution in [0, 0.1) is 0 Å². The summed E-state index contributed by atoms with van der Waals surface area (Å²) in [5.74, 6) is 0. The lowest BCUT2D eigenvalue weighted by atomic mass is 10.1. The molecule has 2 unspecified atom stereocenters. The highest BCUT2D eigenvalue weighted by Crippen LogP contribution is 2.49. The second-order valence-corrected chi connectivity index (χ2v) is 3.07. The maximum absolute atomic E-state index is 9.53. The van der Waals surface area contributed by atoms with Gasteiger partial charge in [0.2, 0.25) is 0 Å². The molecule has 0 heterocycles. The third-order valence-electron chi connectivity index (χ3n) is 2.63. The van der Waals surface area contributed by atoms with E-state index in [0.717, 1.165) is 19.3 Å². The highest BCUT2D eigenvalue weighted by Gasteiger charge is 2.61. The van der Waals surface area contributed by atoms with E-state index in [0.29, 0.717) is 0 Å². The standard InChI is InChI=1S/C7H15NO/c1-3-6(8)5-7(6,9)4-2/h9H,3-5,8H2,1-2H3. The molecule has 0 aromatic heterocycles. The zero-order valence-electron chi connectivity index (χ0n) is 6.15. The lowest BCUT2D eigenvalue weighted by Gasteiger charge is -2.12. The smallest absolute Gasteiger partial charge is 0.0843 e. The minimum atomic E-state index is -0.526. The SMILES string of the molecule is CCC1(N)CC1(O)CC. The third kappa shape index (κ3) is 0.775. The molecule has 2 nitrogen and oxygen atoms in total. The monoisotopic (exact) mass is 129 g/mol. The number of rotatable bonds is 2. The van der Waals surface area contributed by atoms with Gasteiger partial charge in [-0.15, -0.1) is 0 Å². The first-order chi connectivity index (χ1) is 4.08. The van der Waals surface area contributed by atoms with Crippen LogP contribution in [0.1, 0.15) is 33.1 Å². The molecule has 1 aliphatic rings. The summed E-state index contributed by atoms with van der Waals surface area (Å²) in [6.45, 7) is 4.00. The van der Waals surface area contributed by atoms with E-state index in [1.54, 1.807) is 0 Å². The van der Waals surface area contributed by atoms with Gasteiger partial charge >= 0.3 is 0 Å². The van der Waals surface area contributed by atoms with Crippen LogP contribution in [0.25, 0.3) is 0 Å². The Bertz CT molecular complexity index is 112. The van der Waals surface area contributed by atoms with Crippen LogP contribution < -0.4 is 5.73 Å². The van der Waals surface area contributed by atoms with Crippen LogP contribution in [0.5, 0.6) is 0 Å². The largest absolute Gasteiger partial charge is 0.388 e. The summed E-state index contributed by atoms with van der Waals surface area (Å²) in [5, 5.41) is 9.53. The van der Waals surface area contributed by atoms with Gasteiger partial charge in [-0.3, -0.25) is 0 Å². The van der Waals surface area contributed by atoms with Crippen LogP contribution in [0.2, 0.25) is 0 Å². The molecule has 2 atom stereocenters. The van der Waals surface area contributed by atoms with E-state index >= 15 is 0 Å². The number of hydrogen-bond donors (Lipinski definition) is 2. The topological polar surface area (TPSA) is 46.2 Å². The summed E-state index contributed by atoms with van der Waals surface area (Å²) in [7, 11) is 0. The van der Waals surface area contributed by atoms with E-state index in [4.69, 9.17) is 5.73 Å². The molecule has 0 spiro atoms. The summed E-state index contributed by atoms with van der Waals surface area (Å²) in [5.41, 5.74) is 5.01. The average molecular weight is 129 g/mol. The molecule has 1 aliphatic carbocycles. The van der Waals surface area contributed by atoms with Gasteiger partial charge in [0, 0.05) is 5.54 Å². The first kappa shape index (κ1) is 7.03. The van der Waals surface area contributed by atoms with E-state index < -0.39 is 5.60 Å². The first-order valence-corrected chi connectivity index (χ1v) is 3.59. The van der Waals surface area contributed by atoms with Crippen molar-refractivity contribution in [3.63, 3.8) is 0 Å². The molecular weight excluding hydrogens is 114 g/mol. The third-order valence-corrected chi connectivity index (χ3v) is 2.63. The van der Waals surface area contributed by atoms with E-state index in [2.05, 4.69) is 0 Å². The summed E-state index contributed by atoms with van der Waals surface area (Å²) in [6.07, 6.45) is 2.46. The molecule has 2 heteroatoms. The molecule has 3 N–H and O–H groups in total. The van der Waals surface area contributed by atoms with Gasteiger partial charge in [0.15, 0.2) is 0 Å². The van der Waals surface area contributed by atoms with E-state index in [1.807, 2.05) is 13.8 Å². The van der Waals surface area contributed by atoms with Crippen molar-refractivity contribution in [3.8, 4) is 0 Å². The molecule has 1 saturated carbocycles. The van der Waals surface area contributed by atoms with E-state index in [1.165, 1.54) is 0 Å². The van der Waals surface area contributed by atoms with Crippen molar-refractivity contribution >= 4 is 0 Å². The summed E-state index contributed by atoms with van der Waals surface area (Å²) < 4.78 is 0. The average Bonchev–Trinajstić information content (AvgIpc) is 2.39. The Morgan fingerprint density at radius 2 is 2.00 bits per heavy atom. The normalized spacial score (nSPS) is 49.3. The number of nitrogens with two attached hydrogens (primary N) is 1. The Kier molecular flexibility index (Phi) is 1.33. The van der Waals surface area contributed by atoms with E-state index in [-0.39, 0.29) is 5.54 Å².